The Bertz CT molecular complexity index is 419. The van der Waals surface area contributed by atoms with E-state index >= 15 is 0 Å². The molecule has 0 saturated heterocycles. The minimum atomic E-state index is 0.562. The van der Waals surface area contributed by atoms with Crippen molar-refractivity contribution in [2.24, 2.45) is 0 Å². The molecule has 2 heteroatoms. The van der Waals surface area contributed by atoms with Crippen LogP contribution in [0.5, 0.6) is 0 Å². The molecule has 0 aromatic heterocycles. The lowest BCUT2D eigenvalue weighted by molar-refractivity contribution is 0.368. The Kier molecular flexibility index (Phi) is 4.07. The molecule has 1 aromatic rings. The second kappa shape index (κ2) is 5.96. The SMILES string of the molecule is Nc1ccc2c(c1)CCCC2NC1CCCCCC1. The zero-order valence-electron chi connectivity index (χ0n) is 11.8. The molecule has 1 fully saturated rings. The van der Waals surface area contributed by atoms with E-state index in [1.807, 2.05) is 0 Å². The Balaban J connectivity index is 1.72. The van der Waals surface area contributed by atoms with Crippen molar-refractivity contribution in [3.8, 4) is 0 Å². The molecule has 0 heterocycles. The largest absolute Gasteiger partial charge is 0.399 e. The molecule has 3 N–H and O–H groups in total. The number of rotatable bonds is 2. The van der Waals surface area contributed by atoms with Crippen LogP contribution in [0.1, 0.15) is 68.5 Å². The average molecular weight is 258 g/mol. The van der Waals surface area contributed by atoms with E-state index in [2.05, 4.69) is 23.5 Å². The van der Waals surface area contributed by atoms with E-state index in [1.54, 1.807) is 0 Å². The Hall–Kier alpha value is -1.02. The molecule has 2 aliphatic carbocycles. The van der Waals surface area contributed by atoms with Crippen LogP contribution in [-0.2, 0) is 6.42 Å². The lowest BCUT2D eigenvalue weighted by atomic mass is 9.86. The highest BCUT2D eigenvalue weighted by Gasteiger charge is 2.23. The third-order valence-corrected chi connectivity index (χ3v) is 4.77. The summed E-state index contributed by atoms with van der Waals surface area (Å²) in [5, 5.41) is 3.93. The number of nitrogens with one attached hydrogen (secondary N) is 1. The van der Waals surface area contributed by atoms with Gasteiger partial charge in [-0.1, -0.05) is 31.7 Å². The maximum atomic E-state index is 5.91. The highest BCUT2D eigenvalue weighted by Crippen LogP contribution is 2.32. The van der Waals surface area contributed by atoms with Gasteiger partial charge in [0, 0.05) is 17.8 Å². The lowest BCUT2D eigenvalue weighted by Gasteiger charge is -2.30. The Morgan fingerprint density at radius 1 is 0.947 bits per heavy atom. The van der Waals surface area contributed by atoms with E-state index in [1.165, 1.54) is 68.9 Å². The number of fused-ring (bicyclic) bond motifs is 1. The Labute approximate surface area is 116 Å². The molecule has 3 rings (SSSR count). The number of aryl methyl sites for hydroxylation is 1. The van der Waals surface area contributed by atoms with E-state index in [0.29, 0.717) is 6.04 Å². The molecule has 0 amide bonds. The molecule has 0 aliphatic heterocycles. The molecule has 0 radical (unpaired) electrons. The second-order valence-corrected chi connectivity index (χ2v) is 6.26. The fourth-order valence-electron chi connectivity index (χ4n) is 3.74. The molecule has 0 bridgehead atoms. The smallest absolute Gasteiger partial charge is 0.0325 e. The molecule has 1 atom stereocenters. The van der Waals surface area contributed by atoms with E-state index in [0.717, 1.165) is 11.7 Å². The zero-order valence-corrected chi connectivity index (χ0v) is 11.8. The molecule has 2 aliphatic rings. The molecular weight excluding hydrogens is 232 g/mol. The summed E-state index contributed by atoms with van der Waals surface area (Å²) >= 11 is 0. The van der Waals surface area contributed by atoms with Gasteiger partial charge in [-0.25, -0.2) is 0 Å². The maximum Gasteiger partial charge on any atom is 0.0325 e. The molecular formula is C17H26N2. The van der Waals surface area contributed by atoms with E-state index in [-0.39, 0.29) is 0 Å². The predicted octanol–water partition coefficient (Wildman–Crippen LogP) is 3.96. The first-order chi connectivity index (χ1) is 9.33. The van der Waals surface area contributed by atoms with Crippen LogP contribution in [0.4, 0.5) is 5.69 Å². The van der Waals surface area contributed by atoms with Crippen LogP contribution in [0, 0.1) is 0 Å². The topological polar surface area (TPSA) is 38.0 Å². The van der Waals surface area contributed by atoms with Gasteiger partial charge in [0.1, 0.15) is 0 Å². The molecule has 104 valence electrons. The van der Waals surface area contributed by atoms with Crippen LogP contribution in [0.2, 0.25) is 0 Å². The number of hydrogen-bond donors (Lipinski definition) is 2. The van der Waals surface area contributed by atoms with Crippen molar-refractivity contribution in [3.63, 3.8) is 0 Å². The van der Waals surface area contributed by atoms with Gasteiger partial charge in [0.25, 0.3) is 0 Å². The van der Waals surface area contributed by atoms with Gasteiger partial charge in [-0.05, 0) is 55.4 Å². The number of hydrogen-bond acceptors (Lipinski definition) is 2. The summed E-state index contributed by atoms with van der Waals surface area (Å²) in [7, 11) is 0. The maximum absolute atomic E-state index is 5.91. The van der Waals surface area contributed by atoms with Gasteiger partial charge in [0.2, 0.25) is 0 Å². The van der Waals surface area contributed by atoms with Crippen molar-refractivity contribution < 1.29 is 0 Å². The monoisotopic (exact) mass is 258 g/mol. The van der Waals surface area contributed by atoms with Crippen molar-refractivity contribution in [1.29, 1.82) is 0 Å². The normalized spacial score (nSPS) is 24.7. The minimum absolute atomic E-state index is 0.562. The molecule has 0 spiro atoms. The second-order valence-electron chi connectivity index (χ2n) is 6.26. The first kappa shape index (κ1) is 13.0. The summed E-state index contributed by atoms with van der Waals surface area (Å²) in [5.74, 6) is 0. The summed E-state index contributed by atoms with van der Waals surface area (Å²) in [6, 6.07) is 7.78. The van der Waals surface area contributed by atoms with Crippen molar-refractivity contribution in [3.05, 3.63) is 29.3 Å². The molecule has 1 saturated carbocycles. The summed E-state index contributed by atoms with van der Waals surface area (Å²) in [6.07, 6.45) is 12.2. The van der Waals surface area contributed by atoms with Crippen LogP contribution >= 0.6 is 0 Å². The average Bonchev–Trinajstić information content (AvgIpc) is 2.67. The van der Waals surface area contributed by atoms with Crippen molar-refractivity contribution in [1.82, 2.24) is 5.32 Å². The van der Waals surface area contributed by atoms with Crippen LogP contribution in [0.3, 0.4) is 0 Å². The fourth-order valence-corrected chi connectivity index (χ4v) is 3.74. The van der Waals surface area contributed by atoms with E-state index < -0.39 is 0 Å². The van der Waals surface area contributed by atoms with E-state index in [9.17, 15) is 0 Å². The molecule has 2 nitrogen and oxygen atoms in total. The van der Waals surface area contributed by atoms with Gasteiger partial charge in [-0.2, -0.15) is 0 Å². The van der Waals surface area contributed by atoms with Crippen LogP contribution in [0.25, 0.3) is 0 Å². The quantitative estimate of drug-likeness (QED) is 0.622. The number of anilines is 1. The third kappa shape index (κ3) is 3.11. The highest BCUT2D eigenvalue weighted by atomic mass is 15.0. The van der Waals surface area contributed by atoms with Gasteiger partial charge in [-0.3, -0.25) is 0 Å². The number of benzene rings is 1. The Morgan fingerprint density at radius 2 is 1.74 bits per heavy atom. The van der Waals surface area contributed by atoms with Gasteiger partial charge >= 0.3 is 0 Å². The minimum Gasteiger partial charge on any atom is -0.399 e. The Morgan fingerprint density at radius 3 is 2.53 bits per heavy atom. The number of nitrogens with two attached hydrogens (primary N) is 1. The fraction of sp³-hybridized carbons (Fsp3) is 0.647. The van der Waals surface area contributed by atoms with Crippen molar-refractivity contribution in [2.45, 2.75) is 69.9 Å². The predicted molar refractivity (Wildman–Crippen MR) is 81.2 cm³/mol. The van der Waals surface area contributed by atoms with Crippen molar-refractivity contribution >= 4 is 5.69 Å². The van der Waals surface area contributed by atoms with Gasteiger partial charge in [-0.15, -0.1) is 0 Å². The summed E-state index contributed by atoms with van der Waals surface area (Å²) in [6.45, 7) is 0. The first-order valence-electron chi connectivity index (χ1n) is 7.97. The van der Waals surface area contributed by atoms with Gasteiger partial charge in [0.15, 0.2) is 0 Å². The lowest BCUT2D eigenvalue weighted by Crippen LogP contribution is -2.34. The summed E-state index contributed by atoms with van der Waals surface area (Å²) in [5.41, 5.74) is 9.80. The number of nitrogen functional groups attached to an aromatic ring is 1. The summed E-state index contributed by atoms with van der Waals surface area (Å²) in [4.78, 5) is 0. The first-order valence-corrected chi connectivity index (χ1v) is 7.97. The third-order valence-electron chi connectivity index (χ3n) is 4.77. The highest BCUT2D eigenvalue weighted by molar-refractivity contribution is 5.46. The molecule has 1 unspecified atom stereocenters. The molecule has 1 aromatic carbocycles. The zero-order chi connectivity index (χ0) is 13.1. The van der Waals surface area contributed by atoms with Crippen LogP contribution < -0.4 is 11.1 Å². The van der Waals surface area contributed by atoms with E-state index in [4.69, 9.17) is 5.73 Å². The summed E-state index contributed by atoms with van der Waals surface area (Å²) < 4.78 is 0. The standard InChI is InChI=1S/C17H26N2/c18-14-10-11-16-13(12-14)6-5-9-17(16)19-15-7-3-1-2-4-8-15/h10-12,15,17,19H,1-9,18H2. The van der Waals surface area contributed by atoms with Gasteiger partial charge < -0.3 is 11.1 Å². The van der Waals surface area contributed by atoms with Crippen LogP contribution in [0.15, 0.2) is 18.2 Å². The van der Waals surface area contributed by atoms with Crippen LogP contribution in [-0.4, -0.2) is 6.04 Å². The molecule has 19 heavy (non-hydrogen) atoms. The van der Waals surface area contributed by atoms with Gasteiger partial charge in [0.05, 0.1) is 0 Å². The van der Waals surface area contributed by atoms with Crippen molar-refractivity contribution in [2.75, 3.05) is 5.73 Å².